The monoisotopic (exact) mass is 583 g/mol. The Labute approximate surface area is 248 Å². The molecule has 0 spiro atoms. The standard InChI is InChI=1S/C32H45N3O7/c1-8-13-34-27-23-14-18(3)15-26(41-7)28(37)20(5)16-21(6)30(42-32(33)40)22(9-2)12-10-11-19(4)31(39)35-24(29(23)38)17-25(27)36/h8,10-12,16-18,20,22,26,28,30,34,37H,1,9,13-15H2,2-7H3,(H2,33,40)(H,35,39)/b12-10-,19-11+,21-16+. The molecule has 2 aliphatic rings. The molecule has 0 radical (unpaired) electrons. The number of Topliss-reactive ketones (excluding diaryl/α,β-unsaturated/α-hetero) is 1. The zero-order valence-corrected chi connectivity index (χ0v) is 25.4. The quantitative estimate of drug-likeness (QED) is 0.273. The van der Waals surface area contributed by atoms with Crippen LogP contribution in [0.5, 0.6) is 0 Å². The van der Waals surface area contributed by atoms with E-state index in [-0.39, 0.29) is 47.7 Å². The number of ether oxygens (including phenoxy) is 2. The summed E-state index contributed by atoms with van der Waals surface area (Å²) in [6, 6.07) is 0. The molecule has 230 valence electrons. The average Bonchev–Trinajstić information content (AvgIpc) is 2.94. The van der Waals surface area contributed by atoms with Crippen molar-refractivity contribution >= 4 is 23.6 Å². The van der Waals surface area contributed by atoms with Crippen LogP contribution in [-0.4, -0.2) is 60.6 Å². The van der Waals surface area contributed by atoms with E-state index in [1.54, 1.807) is 25.2 Å². The van der Waals surface area contributed by atoms with Crippen LogP contribution in [0, 0.1) is 17.8 Å². The van der Waals surface area contributed by atoms with E-state index in [4.69, 9.17) is 15.2 Å². The number of carbonyl (C=O) groups excluding carboxylic acids is 4. The largest absolute Gasteiger partial charge is 0.441 e. The van der Waals surface area contributed by atoms with Crippen LogP contribution in [-0.2, 0) is 23.9 Å². The van der Waals surface area contributed by atoms with Crippen LogP contribution in [0.4, 0.5) is 4.79 Å². The van der Waals surface area contributed by atoms with Crippen LogP contribution in [0.1, 0.15) is 53.9 Å². The van der Waals surface area contributed by atoms with Crippen molar-refractivity contribution in [1.29, 1.82) is 0 Å². The minimum absolute atomic E-state index is 0.107. The molecule has 10 nitrogen and oxygen atoms in total. The van der Waals surface area contributed by atoms with E-state index >= 15 is 0 Å². The summed E-state index contributed by atoms with van der Waals surface area (Å²) in [5, 5.41) is 16.8. The first kappa shape index (κ1) is 34.4. The summed E-state index contributed by atoms with van der Waals surface area (Å²) in [7, 11) is 1.51. The predicted octanol–water partition coefficient (Wildman–Crippen LogP) is 3.55. The van der Waals surface area contributed by atoms with Gasteiger partial charge in [-0.3, -0.25) is 14.4 Å². The molecule has 1 heterocycles. The first-order valence-corrected chi connectivity index (χ1v) is 14.2. The molecule has 10 heteroatoms. The SMILES string of the molecule is C=CCNC1=C2CC(C)CC(OC)C(O)C(C)/C=C(\C)C(OC(N)=O)C(CC)/C=C\C=C(/C)C(=O)NC(=CC1=O)C2=O. The summed E-state index contributed by atoms with van der Waals surface area (Å²) in [6.07, 6.45) is 7.66. The number of hydrogen-bond donors (Lipinski definition) is 4. The summed E-state index contributed by atoms with van der Waals surface area (Å²) in [4.78, 5) is 51.4. The number of methoxy groups -OCH3 is 1. The summed E-state index contributed by atoms with van der Waals surface area (Å²) < 4.78 is 11.2. The fourth-order valence-electron chi connectivity index (χ4n) is 5.23. The molecule has 2 rings (SSSR count). The lowest BCUT2D eigenvalue weighted by atomic mass is 9.84. The molecule has 0 fully saturated rings. The van der Waals surface area contributed by atoms with E-state index in [0.29, 0.717) is 24.0 Å². The number of fused-ring (bicyclic) bond motifs is 2. The molecule has 0 aromatic heterocycles. The van der Waals surface area contributed by atoms with Crippen molar-refractivity contribution < 1.29 is 33.8 Å². The molecule has 2 bridgehead atoms. The van der Waals surface area contributed by atoms with Gasteiger partial charge in [0.05, 0.1) is 23.6 Å². The Kier molecular flexibility index (Phi) is 13.1. The van der Waals surface area contributed by atoms with Gasteiger partial charge in [-0.25, -0.2) is 4.79 Å². The smallest absolute Gasteiger partial charge is 0.405 e. The van der Waals surface area contributed by atoms with Gasteiger partial charge in [0, 0.05) is 42.7 Å². The molecule has 42 heavy (non-hydrogen) atoms. The van der Waals surface area contributed by atoms with Crippen LogP contribution in [0.3, 0.4) is 0 Å². The van der Waals surface area contributed by atoms with Crippen LogP contribution < -0.4 is 16.4 Å². The second-order valence-corrected chi connectivity index (χ2v) is 11.0. The second-order valence-electron chi connectivity index (χ2n) is 11.0. The third-order valence-corrected chi connectivity index (χ3v) is 7.56. The molecule has 0 aromatic rings. The van der Waals surface area contributed by atoms with E-state index in [2.05, 4.69) is 17.2 Å². The lowest BCUT2D eigenvalue weighted by molar-refractivity contribution is -0.120. The van der Waals surface area contributed by atoms with Crippen molar-refractivity contribution in [2.75, 3.05) is 13.7 Å². The Morgan fingerprint density at radius 3 is 2.55 bits per heavy atom. The van der Waals surface area contributed by atoms with Gasteiger partial charge < -0.3 is 30.9 Å². The fourth-order valence-corrected chi connectivity index (χ4v) is 5.23. The van der Waals surface area contributed by atoms with Gasteiger partial charge >= 0.3 is 6.09 Å². The number of allylic oxidation sites excluding steroid dienone is 4. The van der Waals surface area contributed by atoms with E-state index in [1.165, 1.54) is 7.11 Å². The maximum absolute atomic E-state index is 13.6. The lowest BCUT2D eigenvalue weighted by Crippen LogP contribution is -2.37. The van der Waals surface area contributed by atoms with Crippen molar-refractivity contribution in [2.45, 2.75) is 72.2 Å². The van der Waals surface area contributed by atoms with E-state index in [0.717, 1.165) is 6.08 Å². The number of nitrogens with one attached hydrogen (secondary N) is 2. The molecule has 1 aliphatic carbocycles. The van der Waals surface area contributed by atoms with Crippen LogP contribution >= 0.6 is 0 Å². The number of hydrogen-bond acceptors (Lipinski definition) is 8. The highest BCUT2D eigenvalue weighted by atomic mass is 16.6. The molecule has 5 N–H and O–H groups in total. The topological polar surface area (TPSA) is 157 Å². The fraction of sp³-hybridized carbons (Fsp3) is 0.500. The molecule has 6 unspecified atom stereocenters. The van der Waals surface area contributed by atoms with Gasteiger partial charge in [-0.05, 0) is 44.6 Å². The van der Waals surface area contributed by atoms with Crippen molar-refractivity contribution in [3.63, 3.8) is 0 Å². The van der Waals surface area contributed by atoms with E-state index in [1.807, 2.05) is 39.8 Å². The number of primary amides is 1. The zero-order chi connectivity index (χ0) is 31.6. The summed E-state index contributed by atoms with van der Waals surface area (Å²) in [5.74, 6) is -2.27. The second kappa shape index (κ2) is 16.0. The Balaban J connectivity index is 2.62. The van der Waals surface area contributed by atoms with E-state index < -0.39 is 41.9 Å². The maximum Gasteiger partial charge on any atom is 0.405 e. The third kappa shape index (κ3) is 9.12. The van der Waals surface area contributed by atoms with Crippen molar-refractivity contribution in [1.82, 2.24) is 10.6 Å². The first-order valence-electron chi connectivity index (χ1n) is 14.2. The molecule has 0 saturated carbocycles. The van der Waals surface area contributed by atoms with Gasteiger partial charge in [-0.1, -0.05) is 51.2 Å². The Bertz CT molecular complexity index is 1210. The van der Waals surface area contributed by atoms with Gasteiger partial charge in [0.2, 0.25) is 11.6 Å². The summed E-state index contributed by atoms with van der Waals surface area (Å²) >= 11 is 0. The highest BCUT2D eigenvalue weighted by molar-refractivity contribution is 6.23. The van der Waals surface area contributed by atoms with Gasteiger partial charge in [-0.2, -0.15) is 0 Å². The number of aliphatic hydroxyl groups is 1. The number of carbonyl (C=O) groups is 4. The minimum atomic E-state index is -0.921. The third-order valence-electron chi connectivity index (χ3n) is 7.56. The molecule has 6 atom stereocenters. The Morgan fingerprint density at radius 2 is 1.95 bits per heavy atom. The highest BCUT2D eigenvalue weighted by Gasteiger charge is 2.33. The molecular weight excluding hydrogens is 538 g/mol. The van der Waals surface area contributed by atoms with Crippen molar-refractivity contribution in [3.8, 4) is 0 Å². The normalized spacial score (nSPS) is 31.6. The molecular formula is C32H45N3O7. The predicted molar refractivity (Wildman–Crippen MR) is 161 cm³/mol. The average molecular weight is 584 g/mol. The van der Waals surface area contributed by atoms with Crippen molar-refractivity contribution in [2.24, 2.45) is 23.5 Å². The number of nitrogens with two attached hydrogens (primary N) is 1. The van der Waals surface area contributed by atoms with E-state index in [9.17, 15) is 24.3 Å². The molecule has 0 aromatic carbocycles. The first-order chi connectivity index (χ1) is 19.8. The number of amides is 2. The highest BCUT2D eigenvalue weighted by Crippen LogP contribution is 2.29. The minimum Gasteiger partial charge on any atom is -0.441 e. The Hall–Kier alpha value is -3.76. The lowest BCUT2D eigenvalue weighted by Gasteiger charge is -2.30. The molecule has 1 aliphatic heterocycles. The molecule has 0 saturated heterocycles. The van der Waals surface area contributed by atoms with Gasteiger partial charge in [-0.15, -0.1) is 6.58 Å². The summed E-state index contributed by atoms with van der Waals surface area (Å²) in [6.45, 7) is 13.0. The van der Waals surface area contributed by atoms with Crippen LogP contribution in [0.15, 0.2) is 71.1 Å². The molecule has 2 amide bonds. The van der Waals surface area contributed by atoms with Gasteiger partial charge in [0.15, 0.2) is 0 Å². The van der Waals surface area contributed by atoms with Gasteiger partial charge in [0.25, 0.3) is 5.91 Å². The number of rotatable bonds is 6. The Morgan fingerprint density at radius 1 is 1.26 bits per heavy atom. The number of aliphatic hydroxyl groups excluding tert-OH is 1. The summed E-state index contributed by atoms with van der Waals surface area (Å²) in [5.41, 5.74) is 6.71. The zero-order valence-electron chi connectivity index (χ0n) is 25.4. The maximum atomic E-state index is 13.6. The van der Waals surface area contributed by atoms with Crippen molar-refractivity contribution in [3.05, 3.63) is 71.1 Å². The number of ketones is 2. The van der Waals surface area contributed by atoms with Gasteiger partial charge in [0.1, 0.15) is 6.10 Å². The van der Waals surface area contributed by atoms with Crippen LogP contribution in [0.2, 0.25) is 0 Å². The van der Waals surface area contributed by atoms with Crippen LogP contribution in [0.25, 0.3) is 0 Å².